The summed E-state index contributed by atoms with van der Waals surface area (Å²) in [4.78, 5) is 11.0. The maximum Gasteiger partial charge on any atom is 0.335 e. The number of aryl methyl sites for hydroxylation is 1. The number of carboxylic acid groups (broad SMARTS) is 1. The Morgan fingerprint density at radius 2 is 1.72 bits per heavy atom. The van der Waals surface area contributed by atoms with E-state index in [0.717, 1.165) is 35.3 Å². The number of halogens is 2. The minimum absolute atomic E-state index is 0.0124. The normalized spacial score (nSPS) is 16.2. The first-order valence-corrected chi connectivity index (χ1v) is 11.1. The van der Waals surface area contributed by atoms with E-state index in [4.69, 9.17) is 33.0 Å². The fourth-order valence-electron chi connectivity index (χ4n) is 3.84. The van der Waals surface area contributed by atoms with E-state index in [1.165, 1.54) is 0 Å². The minimum Gasteiger partial charge on any atom is -0.489 e. The molecule has 0 radical (unpaired) electrons. The van der Waals surface area contributed by atoms with E-state index in [0.29, 0.717) is 28.7 Å². The number of fused-ring (bicyclic) bond motifs is 1. The Morgan fingerprint density at radius 3 is 2.41 bits per heavy atom. The Hall–Kier alpha value is -2.57. The average molecular weight is 472 g/mol. The van der Waals surface area contributed by atoms with Gasteiger partial charge in [-0.15, -0.1) is 0 Å². The van der Waals surface area contributed by atoms with Crippen LogP contribution in [0.1, 0.15) is 34.0 Å². The Kier molecular flexibility index (Phi) is 7.01. The summed E-state index contributed by atoms with van der Waals surface area (Å²) >= 11 is 12.0. The van der Waals surface area contributed by atoms with E-state index in [9.17, 15) is 9.90 Å². The molecule has 1 heterocycles. The molecule has 0 amide bonds. The number of aliphatic hydroxyl groups is 1. The fraction of sp³-hybridized carbons (Fsp3) is 0.240. The van der Waals surface area contributed by atoms with Gasteiger partial charge in [0.25, 0.3) is 0 Å². The van der Waals surface area contributed by atoms with Crippen LogP contribution in [0, 0.1) is 0 Å². The second kappa shape index (κ2) is 9.92. The second-order valence-electron chi connectivity index (χ2n) is 7.86. The van der Waals surface area contributed by atoms with Gasteiger partial charge in [0.1, 0.15) is 11.9 Å². The highest BCUT2D eigenvalue weighted by atomic mass is 35.5. The number of aromatic carboxylic acids is 1. The molecule has 0 unspecified atom stereocenters. The van der Waals surface area contributed by atoms with Crippen molar-refractivity contribution in [3.05, 3.63) is 87.4 Å². The molecular weight excluding hydrogens is 449 g/mol. The molecule has 1 aliphatic heterocycles. The summed E-state index contributed by atoms with van der Waals surface area (Å²) in [6.45, 7) is 0.984. The topological polar surface area (TPSA) is 78.8 Å². The summed E-state index contributed by atoms with van der Waals surface area (Å²) in [5, 5.41) is 23.7. The Morgan fingerprint density at radius 1 is 1.03 bits per heavy atom. The first-order chi connectivity index (χ1) is 15.4. The molecular formula is C25H23Cl2NO4. The third-order valence-electron chi connectivity index (χ3n) is 5.53. The van der Waals surface area contributed by atoms with Crippen molar-refractivity contribution in [3.63, 3.8) is 0 Å². The molecule has 0 aromatic heterocycles. The molecule has 32 heavy (non-hydrogen) atoms. The molecule has 0 fully saturated rings. The summed E-state index contributed by atoms with van der Waals surface area (Å²) in [7, 11) is 0. The SMILES string of the molecule is O=C(O)c1ccc(-c2ccc3c(c2)CC[C@H](CNC[C@@H](O)c2cc(Cl)cc(Cl)c2)O3)cc1. The lowest BCUT2D eigenvalue weighted by molar-refractivity contribution is 0.0697. The molecule has 2 atom stereocenters. The smallest absolute Gasteiger partial charge is 0.335 e. The van der Waals surface area contributed by atoms with Crippen LogP contribution in [-0.4, -0.2) is 35.4 Å². The Labute approximate surface area is 196 Å². The van der Waals surface area contributed by atoms with Crippen molar-refractivity contribution in [2.75, 3.05) is 13.1 Å². The maximum atomic E-state index is 11.0. The number of carboxylic acids is 1. The van der Waals surface area contributed by atoms with Crippen molar-refractivity contribution in [2.45, 2.75) is 25.0 Å². The van der Waals surface area contributed by atoms with Crippen molar-refractivity contribution >= 4 is 29.2 Å². The molecule has 0 aliphatic carbocycles. The number of nitrogens with one attached hydrogen (secondary N) is 1. The summed E-state index contributed by atoms with van der Waals surface area (Å²) in [6.07, 6.45) is 1.05. The van der Waals surface area contributed by atoms with Gasteiger partial charge in [0, 0.05) is 23.1 Å². The predicted molar refractivity (Wildman–Crippen MR) is 126 cm³/mol. The maximum absolute atomic E-state index is 11.0. The molecule has 5 nitrogen and oxygen atoms in total. The van der Waals surface area contributed by atoms with Crippen molar-refractivity contribution in [1.29, 1.82) is 0 Å². The average Bonchev–Trinajstić information content (AvgIpc) is 2.78. The summed E-state index contributed by atoms with van der Waals surface area (Å²) < 4.78 is 6.14. The number of benzene rings is 3. The van der Waals surface area contributed by atoms with E-state index in [2.05, 4.69) is 11.4 Å². The zero-order valence-corrected chi connectivity index (χ0v) is 18.7. The highest BCUT2D eigenvalue weighted by Crippen LogP contribution is 2.32. The standard InChI is InChI=1S/C25H23Cl2NO4/c26-20-10-19(11-21(27)12-20)23(29)14-28-13-22-7-5-18-9-17(6-8-24(18)32-22)15-1-3-16(4-2-15)25(30)31/h1-4,6,8-12,22-23,28-29H,5,7,13-14H2,(H,30,31)/t22-,23-/m1/s1. The van der Waals surface area contributed by atoms with Gasteiger partial charge in [-0.05, 0) is 77.6 Å². The highest BCUT2D eigenvalue weighted by molar-refractivity contribution is 6.34. The number of hydrogen-bond donors (Lipinski definition) is 3. The van der Waals surface area contributed by atoms with Crippen LogP contribution in [0.4, 0.5) is 0 Å². The lowest BCUT2D eigenvalue weighted by Gasteiger charge is -2.27. The van der Waals surface area contributed by atoms with E-state index in [1.54, 1.807) is 30.3 Å². The van der Waals surface area contributed by atoms with E-state index < -0.39 is 12.1 Å². The van der Waals surface area contributed by atoms with Crippen molar-refractivity contribution in [3.8, 4) is 16.9 Å². The molecule has 0 saturated heterocycles. The highest BCUT2D eigenvalue weighted by Gasteiger charge is 2.20. The van der Waals surface area contributed by atoms with Crippen molar-refractivity contribution in [2.24, 2.45) is 0 Å². The first kappa shape index (κ1) is 22.6. The zero-order chi connectivity index (χ0) is 22.7. The van der Waals surface area contributed by atoms with Crippen LogP contribution in [0.15, 0.2) is 60.7 Å². The third kappa shape index (κ3) is 5.43. The molecule has 3 aromatic rings. The van der Waals surface area contributed by atoms with E-state index in [-0.39, 0.29) is 11.7 Å². The van der Waals surface area contributed by atoms with Crippen LogP contribution in [-0.2, 0) is 6.42 Å². The molecule has 3 aromatic carbocycles. The lowest BCUT2D eigenvalue weighted by atomic mass is 9.96. The lowest BCUT2D eigenvalue weighted by Crippen LogP contribution is -2.36. The van der Waals surface area contributed by atoms with Gasteiger partial charge >= 0.3 is 5.97 Å². The van der Waals surface area contributed by atoms with Crippen molar-refractivity contribution < 1.29 is 19.7 Å². The Balaban J connectivity index is 1.33. The van der Waals surface area contributed by atoms with Crippen LogP contribution >= 0.6 is 23.2 Å². The second-order valence-corrected chi connectivity index (χ2v) is 8.73. The molecule has 0 bridgehead atoms. The molecule has 7 heteroatoms. The van der Waals surface area contributed by atoms with Crippen LogP contribution in [0.5, 0.6) is 5.75 Å². The van der Waals surface area contributed by atoms with E-state index >= 15 is 0 Å². The Bertz CT molecular complexity index is 1100. The number of aliphatic hydroxyl groups excluding tert-OH is 1. The van der Waals surface area contributed by atoms with Gasteiger partial charge in [0.15, 0.2) is 0 Å². The number of rotatable bonds is 7. The van der Waals surface area contributed by atoms with Gasteiger partial charge in [-0.1, -0.05) is 41.4 Å². The van der Waals surface area contributed by atoms with Gasteiger partial charge in [-0.2, -0.15) is 0 Å². The number of hydrogen-bond acceptors (Lipinski definition) is 4. The number of ether oxygens (including phenoxy) is 1. The summed E-state index contributed by atoms with van der Waals surface area (Å²) in [5.41, 5.74) is 4.08. The quantitative estimate of drug-likeness (QED) is 0.431. The van der Waals surface area contributed by atoms with Crippen LogP contribution < -0.4 is 10.1 Å². The van der Waals surface area contributed by atoms with Gasteiger partial charge in [0.2, 0.25) is 0 Å². The summed E-state index contributed by atoms with van der Waals surface area (Å²) in [6, 6.07) is 18.0. The van der Waals surface area contributed by atoms with E-state index in [1.807, 2.05) is 24.3 Å². The molecule has 0 saturated carbocycles. The fourth-order valence-corrected chi connectivity index (χ4v) is 4.38. The first-order valence-electron chi connectivity index (χ1n) is 10.4. The van der Waals surface area contributed by atoms with Crippen LogP contribution in [0.25, 0.3) is 11.1 Å². The predicted octanol–water partition coefficient (Wildman–Crippen LogP) is 5.38. The number of carbonyl (C=O) groups is 1. The van der Waals surface area contributed by atoms with Crippen LogP contribution in [0.3, 0.4) is 0 Å². The van der Waals surface area contributed by atoms with Gasteiger partial charge in [-0.3, -0.25) is 0 Å². The van der Waals surface area contributed by atoms with Gasteiger partial charge < -0.3 is 20.3 Å². The van der Waals surface area contributed by atoms with Crippen molar-refractivity contribution in [1.82, 2.24) is 5.32 Å². The zero-order valence-electron chi connectivity index (χ0n) is 17.2. The van der Waals surface area contributed by atoms with Crippen LogP contribution in [0.2, 0.25) is 10.0 Å². The molecule has 3 N–H and O–H groups in total. The summed E-state index contributed by atoms with van der Waals surface area (Å²) in [5.74, 6) is -0.0740. The molecule has 166 valence electrons. The molecule has 0 spiro atoms. The monoisotopic (exact) mass is 471 g/mol. The molecule has 4 rings (SSSR count). The molecule has 1 aliphatic rings. The minimum atomic E-state index is -0.932. The van der Waals surface area contributed by atoms with Gasteiger partial charge in [0.05, 0.1) is 11.7 Å². The largest absolute Gasteiger partial charge is 0.489 e. The van der Waals surface area contributed by atoms with Gasteiger partial charge in [-0.25, -0.2) is 4.79 Å². The third-order valence-corrected chi connectivity index (χ3v) is 5.97.